The van der Waals surface area contributed by atoms with Gasteiger partial charge in [0.25, 0.3) is 0 Å². The number of hydrogen-bond acceptors (Lipinski definition) is 2. The van der Waals surface area contributed by atoms with Crippen molar-refractivity contribution in [1.29, 1.82) is 0 Å². The molecule has 1 aliphatic heterocycles. The molecule has 2 unspecified atom stereocenters. The number of hydrogen-bond donors (Lipinski definition) is 1. The van der Waals surface area contributed by atoms with Crippen LogP contribution in [-0.2, 0) is 9.59 Å². The molecule has 2 atom stereocenters. The number of carbonyl (C=O) groups is 2. The number of rotatable bonds is 2. The molecule has 0 saturated carbocycles. The molecule has 4 nitrogen and oxygen atoms in total. The Kier molecular flexibility index (Phi) is 3.72. The van der Waals surface area contributed by atoms with Gasteiger partial charge in [-0.25, -0.2) is 0 Å². The average molecular weight is 213 g/mol. The van der Waals surface area contributed by atoms with Crippen LogP contribution in [0.5, 0.6) is 0 Å². The van der Waals surface area contributed by atoms with E-state index >= 15 is 0 Å². The van der Waals surface area contributed by atoms with E-state index in [1.807, 2.05) is 20.8 Å². The van der Waals surface area contributed by atoms with E-state index in [4.69, 9.17) is 5.11 Å². The van der Waals surface area contributed by atoms with Crippen LogP contribution in [0.25, 0.3) is 0 Å². The van der Waals surface area contributed by atoms with Crippen molar-refractivity contribution in [1.82, 2.24) is 4.90 Å². The van der Waals surface area contributed by atoms with E-state index in [-0.39, 0.29) is 17.7 Å². The van der Waals surface area contributed by atoms with Gasteiger partial charge in [0.15, 0.2) is 0 Å². The van der Waals surface area contributed by atoms with Gasteiger partial charge in [-0.1, -0.05) is 20.8 Å². The van der Waals surface area contributed by atoms with Crippen LogP contribution >= 0.6 is 0 Å². The first-order valence-electron chi connectivity index (χ1n) is 5.43. The number of carboxylic acids is 1. The molecule has 0 aliphatic carbocycles. The minimum atomic E-state index is -0.789. The smallest absolute Gasteiger partial charge is 0.308 e. The Morgan fingerprint density at radius 3 is 2.40 bits per heavy atom. The molecule has 86 valence electrons. The molecular weight excluding hydrogens is 194 g/mol. The lowest BCUT2D eigenvalue weighted by Gasteiger charge is -2.35. The minimum absolute atomic E-state index is 0.0512. The third-order valence-corrected chi connectivity index (χ3v) is 2.81. The summed E-state index contributed by atoms with van der Waals surface area (Å²) in [6, 6.07) is 0. The SMILES string of the molecule is CC1CC(C(=O)O)CN(C(=O)C(C)C)C1. The number of piperidine rings is 1. The largest absolute Gasteiger partial charge is 0.481 e. The predicted molar refractivity (Wildman–Crippen MR) is 56.3 cm³/mol. The Morgan fingerprint density at radius 1 is 1.33 bits per heavy atom. The van der Waals surface area contributed by atoms with E-state index in [1.165, 1.54) is 0 Å². The van der Waals surface area contributed by atoms with Gasteiger partial charge >= 0.3 is 5.97 Å². The molecule has 1 rings (SSSR count). The number of amides is 1. The van der Waals surface area contributed by atoms with Crippen molar-refractivity contribution in [2.24, 2.45) is 17.8 Å². The summed E-state index contributed by atoms with van der Waals surface area (Å²) in [5.74, 6) is -0.889. The maximum absolute atomic E-state index is 11.7. The van der Waals surface area contributed by atoms with Crippen LogP contribution in [0.3, 0.4) is 0 Å². The highest BCUT2D eigenvalue weighted by Gasteiger charge is 2.32. The summed E-state index contributed by atoms with van der Waals surface area (Å²) in [5.41, 5.74) is 0. The van der Waals surface area contributed by atoms with Crippen molar-refractivity contribution in [3.8, 4) is 0 Å². The Hall–Kier alpha value is -1.06. The van der Waals surface area contributed by atoms with Gasteiger partial charge in [0.1, 0.15) is 0 Å². The molecule has 1 N–H and O–H groups in total. The van der Waals surface area contributed by atoms with Crippen molar-refractivity contribution < 1.29 is 14.7 Å². The second-order valence-electron chi connectivity index (χ2n) is 4.77. The maximum Gasteiger partial charge on any atom is 0.308 e. The molecule has 0 aromatic rings. The van der Waals surface area contributed by atoms with Crippen LogP contribution < -0.4 is 0 Å². The van der Waals surface area contributed by atoms with Gasteiger partial charge < -0.3 is 10.0 Å². The van der Waals surface area contributed by atoms with Crippen molar-refractivity contribution in [2.75, 3.05) is 13.1 Å². The van der Waals surface area contributed by atoms with Crippen molar-refractivity contribution in [3.05, 3.63) is 0 Å². The van der Waals surface area contributed by atoms with Gasteiger partial charge in [0.2, 0.25) is 5.91 Å². The van der Waals surface area contributed by atoms with Crippen LogP contribution in [0.4, 0.5) is 0 Å². The lowest BCUT2D eigenvalue weighted by molar-refractivity contribution is -0.147. The first kappa shape index (κ1) is 12.0. The van der Waals surface area contributed by atoms with Crippen LogP contribution in [0.1, 0.15) is 27.2 Å². The molecule has 1 saturated heterocycles. The Balaban J connectivity index is 2.67. The van der Waals surface area contributed by atoms with Crippen molar-refractivity contribution in [3.63, 3.8) is 0 Å². The fourth-order valence-electron chi connectivity index (χ4n) is 2.08. The summed E-state index contributed by atoms with van der Waals surface area (Å²) in [4.78, 5) is 24.3. The summed E-state index contributed by atoms with van der Waals surface area (Å²) in [6.45, 7) is 6.75. The molecule has 1 aliphatic rings. The Bertz CT molecular complexity index is 263. The number of carboxylic acid groups (broad SMARTS) is 1. The van der Waals surface area contributed by atoms with Gasteiger partial charge in [-0.3, -0.25) is 9.59 Å². The fraction of sp³-hybridized carbons (Fsp3) is 0.818. The summed E-state index contributed by atoms with van der Waals surface area (Å²) in [7, 11) is 0. The molecule has 0 bridgehead atoms. The number of aliphatic carboxylic acids is 1. The van der Waals surface area contributed by atoms with E-state index in [1.54, 1.807) is 4.90 Å². The summed E-state index contributed by atoms with van der Waals surface area (Å²) in [5, 5.41) is 8.96. The molecule has 0 radical (unpaired) electrons. The molecular formula is C11H19NO3. The maximum atomic E-state index is 11.7. The monoisotopic (exact) mass is 213 g/mol. The van der Waals surface area contributed by atoms with Crippen LogP contribution in [0.15, 0.2) is 0 Å². The summed E-state index contributed by atoms with van der Waals surface area (Å²) in [6.07, 6.45) is 0.678. The van der Waals surface area contributed by atoms with Gasteiger partial charge in [-0.05, 0) is 12.3 Å². The van der Waals surface area contributed by atoms with Crippen LogP contribution in [0.2, 0.25) is 0 Å². The number of nitrogens with zero attached hydrogens (tertiary/aromatic N) is 1. The summed E-state index contributed by atoms with van der Waals surface area (Å²) < 4.78 is 0. The Morgan fingerprint density at radius 2 is 1.93 bits per heavy atom. The summed E-state index contributed by atoms with van der Waals surface area (Å²) >= 11 is 0. The lowest BCUT2D eigenvalue weighted by atomic mass is 9.90. The van der Waals surface area contributed by atoms with E-state index in [0.29, 0.717) is 19.5 Å². The van der Waals surface area contributed by atoms with Gasteiger partial charge in [-0.15, -0.1) is 0 Å². The zero-order valence-electron chi connectivity index (χ0n) is 9.56. The van der Waals surface area contributed by atoms with Crippen molar-refractivity contribution in [2.45, 2.75) is 27.2 Å². The minimum Gasteiger partial charge on any atom is -0.481 e. The quantitative estimate of drug-likeness (QED) is 0.750. The zero-order chi connectivity index (χ0) is 11.6. The van der Waals surface area contributed by atoms with Crippen molar-refractivity contribution >= 4 is 11.9 Å². The molecule has 0 spiro atoms. The van der Waals surface area contributed by atoms with E-state index in [2.05, 4.69) is 0 Å². The van der Waals surface area contributed by atoms with Crippen LogP contribution in [-0.4, -0.2) is 35.0 Å². The lowest BCUT2D eigenvalue weighted by Crippen LogP contribution is -2.46. The standard InChI is InChI=1S/C11H19NO3/c1-7(2)10(13)12-5-8(3)4-9(6-12)11(14)15/h7-9H,4-6H2,1-3H3,(H,14,15). The van der Waals surface area contributed by atoms with Crippen LogP contribution in [0, 0.1) is 17.8 Å². The third kappa shape index (κ3) is 2.94. The first-order chi connectivity index (χ1) is 6.91. The van der Waals surface area contributed by atoms with E-state index in [9.17, 15) is 9.59 Å². The van der Waals surface area contributed by atoms with E-state index in [0.717, 1.165) is 0 Å². The highest BCUT2D eigenvalue weighted by atomic mass is 16.4. The molecule has 4 heteroatoms. The van der Waals surface area contributed by atoms with Gasteiger partial charge in [-0.2, -0.15) is 0 Å². The molecule has 1 heterocycles. The molecule has 0 aromatic heterocycles. The fourth-order valence-corrected chi connectivity index (χ4v) is 2.08. The zero-order valence-corrected chi connectivity index (χ0v) is 9.56. The second-order valence-corrected chi connectivity index (χ2v) is 4.77. The van der Waals surface area contributed by atoms with Gasteiger partial charge in [0.05, 0.1) is 5.92 Å². The third-order valence-electron chi connectivity index (χ3n) is 2.81. The Labute approximate surface area is 90.3 Å². The highest BCUT2D eigenvalue weighted by Crippen LogP contribution is 2.22. The molecule has 1 fully saturated rings. The predicted octanol–water partition coefficient (Wildman–Crippen LogP) is 1.21. The normalized spacial score (nSPS) is 26.8. The van der Waals surface area contributed by atoms with E-state index < -0.39 is 11.9 Å². The molecule has 15 heavy (non-hydrogen) atoms. The molecule has 1 amide bonds. The molecule has 0 aromatic carbocycles. The first-order valence-corrected chi connectivity index (χ1v) is 5.43. The van der Waals surface area contributed by atoms with Gasteiger partial charge in [0, 0.05) is 19.0 Å². The topological polar surface area (TPSA) is 57.6 Å². The average Bonchev–Trinajstić information content (AvgIpc) is 2.15. The highest BCUT2D eigenvalue weighted by molar-refractivity contribution is 5.79. The second kappa shape index (κ2) is 4.64. The number of carbonyl (C=O) groups excluding carboxylic acids is 1. The number of likely N-dealkylation sites (tertiary alicyclic amines) is 1.